The Morgan fingerprint density at radius 1 is 1.25 bits per heavy atom. The number of nitrogen functional groups attached to an aromatic ring is 1. The number of aromatic nitrogens is 1. The molecule has 0 saturated carbocycles. The molecule has 0 unspecified atom stereocenters. The van der Waals surface area contributed by atoms with Gasteiger partial charge in [0.2, 0.25) is 0 Å². The summed E-state index contributed by atoms with van der Waals surface area (Å²) in [6.07, 6.45) is 0. The highest BCUT2D eigenvalue weighted by Crippen LogP contribution is 2.29. The zero-order valence-electron chi connectivity index (χ0n) is 10.0. The van der Waals surface area contributed by atoms with Gasteiger partial charge in [-0.05, 0) is 24.3 Å². The summed E-state index contributed by atoms with van der Waals surface area (Å²) in [7, 11) is 0. The molecule has 102 valence electrons. The fraction of sp³-hybridized carbons (Fsp3) is 0. The Morgan fingerprint density at radius 3 is 2.80 bits per heavy atom. The summed E-state index contributed by atoms with van der Waals surface area (Å²) in [4.78, 5) is 13.6. The second-order valence-corrected chi connectivity index (χ2v) is 5.11. The smallest absolute Gasteiger partial charge is 0.408 e. The Bertz CT molecular complexity index is 856. The number of halogens is 2. The van der Waals surface area contributed by atoms with Gasteiger partial charge in [-0.25, -0.2) is 9.18 Å². The van der Waals surface area contributed by atoms with E-state index in [0.29, 0.717) is 26.9 Å². The summed E-state index contributed by atoms with van der Waals surface area (Å²) in [5.74, 6) is -0.981. The number of rotatable bonds is 2. The number of aromatic amines is 1. The van der Waals surface area contributed by atoms with Crippen molar-refractivity contribution >= 4 is 44.1 Å². The van der Waals surface area contributed by atoms with Crippen LogP contribution in [0.2, 0.25) is 0 Å². The number of hydrogen-bond acceptors (Lipinski definition) is 4. The molecule has 0 saturated heterocycles. The summed E-state index contributed by atoms with van der Waals surface area (Å²) in [6, 6.07) is 7.74. The van der Waals surface area contributed by atoms with Gasteiger partial charge in [-0.1, -0.05) is 15.9 Å². The van der Waals surface area contributed by atoms with Crippen LogP contribution in [0.25, 0.3) is 11.1 Å². The second-order valence-electron chi connectivity index (χ2n) is 4.20. The van der Waals surface area contributed by atoms with Gasteiger partial charge in [0.25, 0.3) is 0 Å². The van der Waals surface area contributed by atoms with Crippen molar-refractivity contribution in [2.24, 2.45) is 0 Å². The van der Waals surface area contributed by atoms with Crippen molar-refractivity contribution in [2.75, 3.05) is 11.1 Å². The van der Waals surface area contributed by atoms with Gasteiger partial charge in [0, 0.05) is 10.5 Å². The molecule has 2 aromatic carbocycles. The molecule has 0 aliphatic heterocycles. The van der Waals surface area contributed by atoms with Gasteiger partial charge < -0.3 is 15.5 Å². The molecule has 7 heteroatoms. The summed E-state index contributed by atoms with van der Waals surface area (Å²) < 4.78 is 19.3. The highest BCUT2D eigenvalue weighted by Gasteiger charge is 2.09. The van der Waals surface area contributed by atoms with E-state index in [1.807, 2.05) is 0 Å². The van der Waals surface area contributed by atoms with E-state index in [1.165, 1.54) is 12.1 Å². The van der Waals surface area contributed by atoms with E-state index in [0.717, 1.165) is 0 Å². The Labute approximate surface area is 120 Å². The summed E-state index contributed by atoms with van der Waals surface area (Å²) in [5, 5.41) is 2.88. The van der Waals surface area contributed by atoms with E-state index in [1.54, 1.807) is 18.2 Å². The third-order valence-corrected chi connectivity index (χ3v) is 3.28. The molecule has 1 heterocycles. The van der Waals surface area contributed by atoms with Gasteiger partial charge >= 0.3 is 5.76 Å². The van der Waals surface area contributed by atoms with Crippen molar-refractivity contribution in [1.29, 1.82) is 0 Å². The van der Waals surface area contributed by atoms with Crippen molar-refractivity contribution < 1.29 is 8.81 Å². The lowest BCUT2D eigenvalue weighted by molar-refractivity contribution is 0.555. The third kappa shape index (κ3) is 2.27. The first kappa shape index (κ1) is 12.7. The Balaban J connectivity index is 2.05. The predicted octanol–water partition coefficient (Wildman–Crippen LogP) is 3.35. The van der Waals surface area contributed by atoms with Gasteiger partial charge in [0.1, 0.15) is 5.82 Å². The third-order valence-electron chi connectivity index (χ3n) is 2.79. The molecule has 0 spiro atoms. The van der Waals surface area contributed by atoms with Crippen molar-refractivity contribution in [3.63, 3.8) is 0 Å². The number of H-pyrrole nitrogens is 1. The van der Waals surface area contributed by atoms with Crippen LogP contribution in [0.4, 0.5) is 21.5 Å². The average Bonchev–Trinajstić information content (AvgIpc) is 2.72. The van der Waals surface area contributed by atoms with Crippen molar-refractivity contribution in [3.8, 4) is 0 Å². The molecule has 0 atom stereocenters. The Kier molecular flexibility index (Phi) is 2.98. The molecule has 0 aliphatic carbocycles. The number of nitrogens with two attached hydrogens (primary N) is 1. The quantitative estimate of drug-likeness (QED) is 0.626. The fourth-order valence-electron chi connectivity index (χ4n) is 1.86. The Morgan fingerprint density at radius 2 is 2.05 bits per heavy atom. The fourth-order valence-corrected chi connectivity index (χ4v) is 2.19. The molecule has 20 heavy (non-hydrogen) atoms. The molecule has 3 rings (SSSR count). The lowest BCUT2D eigenvalue weighted by Crippen LogP contribution is -1.98. The van der Waals surface area contributed by atoms with Crippen LogP contribution in [-0.2, 0) is 0 Å². The first-order valence-electron chi connectivity index (χ1n) is 5.67. The highest BCUT2D eigenvalue weighted by molar-refractivity contribution is 9.10. The van der Waals surface area contributed by atoms with Crippen LogP contribution in [0.5, 0.6) is 0 Å². The van der Waals surface area contributed by atoms with E-state index in [-0.39, 0.29) is 5.69 Å². The maximum absolute atomic E-state index is 13.8. The number of hydrogen-bond donors (Lipinski definition) is 3. The van der Waals surface area contributed by atoms with Gasteiger partial charge in [-0.15, -0.1) is 0 Å². The first-order valence-corrected chi connectivity index (χ1v) is 6.46. The molecule has 0 aliphatic rings. The van der Waals surface area contributed by atoms with Crippen LogP contribution in [0.1, 0.15) is 0 Å². The molecule has 0 amide bonds. The molecule has 0 bridgehead atoms. The summed E-state index contributed by atoms with van der Waals surface area (Å²) in [5.41, 5.74) is 7.81. The number of fused-ring (bicyclic) bond motifs is 1. The minimum absolute atomic E-state index is 0.282. The van der Waals surface area contributed by atoms with Crippen LogP contribution >= 0.6 is 15.9 Å². The normalized spacial score (nSPS) is 10.9. The topological polar surface area (TPSA) is 84.0 Å². The maximum atomic E-state index is 13.8. The average molecular weight is 338 g/mol. The Hall–Kier alpha value is -2.28. The van der Waals surface area contributed by atoms with Crippen LogP contribution in [0, 0.1) is 5.82 Å². The van der Waals surface area contributed by atoms with E-state index in [4.69, 9.17) is 10.2 Å². The molecular weight excluding hydrogens is 329 g/mol. The van der Waals surface area contributed by atoms with Crippen molar-refractivity contribution in [1.82, 2.24) is 4.98 Å². The van der Waals surface area contributed by atoms with Crippen LogP contribution in [-0.4, -0.2) is 4.98 Å². The van der Waals surface area contributed by atoms with E-state index >= 15 is 0 Å². The van der Waals surface area contributed by atoms with Crippen LogP contribution in [0.3, 0.4) is 0 Å². The maximum Gasteiger partial charge on any atom is 0.417 e. The first-order chi connectivity index (χ1) is 9.52. The number of anilines is 3. The minimum atomic E-state index is -0.564. The number of nitrogens with one attached hydrogen (secondary N) is 2. The van der Waals surface area contributed by atoms with Crippen molar-refractivity contribution in [3.05, 3.63) is 51.2 Å². The van der Waals surface area contributed by atoms with Gasteiger partial charge in [0.05, 0.1) is 22.6 Å². The molecule has 0 fully saturated rings. The standard InChI is InChI=1S/C13H9BrFN3O2/c14-6-1-2-9(7(15)3-6)17-10-5-11-12(4-8(10)16)20-13(19)18-11/h1-5,17H,16H2,(H,18,19). The highest BCUT2D eigenvalue weighted by atomic mass is 79.9. The molecule has 5 nitrogen and oxygen atoms in total. The van der Waals surface area contributed by atoms with E-state index in [9.17, 15) is 9.18 Å². The van der Waals surface area contributed by atoms with Crippen molar-refractivity contribution in [2.45, 2.75) is 0 Å². The van der Waals surface area contributed by atoms with Crippen LogP contribution in [0.15, 0.2) is 44.0 Å². The lowest BCUT2D eigenvalue weighted by Gasteiger charge is -2.10. The monoisotopic (exact) mass is 337 g/mol. The van der Waals surface area contributed by atoms with Crippen LogP contribution < -0.4 is 16.8 Å². The number of oxazole rings is 1. The van der Waals surface area contributed by atoms with E-state index < -0.39 is 11.6 Å². The molecule has 1 aromatic heterocycles. The number of benzene rings is 2. The zero-order valence-corrected chi connectivity index (χ0v) is 11.6. The van der Waals surface area contributed by atoms with Gasteiger partial charge in [-0.2, -0.15) is 0 Å². The molecule has 4 N–H and O–H groups in total. The lowest BCUT2D eigenvalue weighted by atomic mass is 10.2. The SMILES string of the molecule is Nc1cc2oc(=O)[nH]c2cc1Nc1ccc(Br)cc1F. The molecular formula is C13H9BrFN3O2. The summed E-state index contributed by atoms with van der Waals surface area (Å²) in [6.45, 7) is 0. The summed E-state index contributed by atoms with van der Waals surface area (Å²) >= 11 is 3.19. The predicted molar refractivity (Wildman–Crippen MR) is 78.6 cm³/mol. The minimum Gasteiger partial charge on any atom is -0.408 e. The largest absolute Gasteiger partial charge is 0.417 e. The second kappa shape index (κ2) is 4.68. The molecule has 3 aromatic rings. The van der Waals surface area contributed by atoms with Gasteiger partial charge in [-0.3, -0.25) is 4.98 Å². The molecule has 0 radical (unpaired) electrons. The van der Waals surface area contributed by atoms with E-state index in [2.05, 4.69) is 26.2 Å². The van der Waals surface area contributed by atoms with Gasteiger partial charge in [0.15, 0.2) is 5.58 Å². The zero-order chi connectivity index (χ0) is 14.3.